The van der Waals surface area contributed by atoms with Gasteiger partial charge in [-0.1, -0.05) is 37.8 Å². The molecule has 4 aromatic rings. The number of aromatic nitrogens is 3. The molecule has 2 aromatic carbocycles. The van der Waals surface area contributed by atoms with Crippen LogP contribution >= 0.6 is 0 Å². The molecule has 10 nitrogen and oxygen atoms in total. The van der Waals surface area contributed by atoms with Gasteiger partial charge < -0.3 is 19.1 Å². The molecule has 11 heteroatoms. The van der Waals surface area contributed by atoms with Gasteiger partial charge in [0.05, 0.1) is 24.9 Å². The van der Waals surface area contributed by atoms with Crippen LogP contribution in [0.1, 0.15) is 10.4 Å². The number of benzene rings is 2. The summed E-state index contributed by atoms with van der Waals surface area (Å²) in [5.74, 6) is 0.494. The van der Waals surface area contributed by atoms with Crippen LogP contribution in [-0.4, -0.2) is 80.7 Å². The number of hydrogen-bond donors (Lipinski definition) is 0. The quantitative estimate of drug-likeness (QED) is 0.172. The first-order chi connectivity index (χ1) is 20.1. The Bertz CT molecular complexity index is 1630. The van der Waals surface area contributed by atoms with E-state index in [-0.39, 0.29) is 19.2 Å². The fourth-order valence-electron chi connectivity index (χ4n) is 4.85. The van der Waals surface area contributed by atoms with Gasteiger partial charge in [0.25, 0.3) is 5.91 Å². The maximum atomic E-state index is 13.2. The molecule has 1 aliphatic rings. The van der Waals surface area contributed by atoms with Crippen LogP contribution in [0.25, 0.3) is 33.4 Å². The highest BCUT2D eigenvalue weighted by atomic mass is 28.3. The average molecular weight is 588 g/mol. The number of fused-ring (bicyclic) bond motifs is 1. The van der Waals surface area contributed by atoms with Gasteiger partial charge in [-0.15, -0.1) is 0 Å². The molecule has 0 atom stereocenters. The second-order valence-corrected chi connectivity index (χ2v) is 17.3. The number of amides is 2. The maximum absolute atomic E-state index is 13.2. The van der Waals surface area contributed by atoms with Crippen molar-refractivity contribution in [3.63, 3.8) is 0 Å². The normalized spacial score (nSPS) is 13.5. The molecule has 1 aliphatic heterocycles. The molecule has 5 rings (SSSR count). The van der Waals surface area contributed by atoms with Gasteiger partial charge in [0.15, 0.2) is 5.65 Å². The first-order valence-corrected chi connectivity index (χ1v) is 17.7. The largest absolute Gasteiger partial charge is 0.496 e. The summed E-state index contributed by atoms with van der Waals surface area (Å²) in [5.41, 5.74) is 4.79. The van der Waals surface area contributed by atoms with Crippen LogP contribution in [0, 0.1) is 0 Å². The van der Waals surface area contributed by atoms with Crippen molar-refractivity contribution < 1.29 is 23.8 Å². The van der Waals surface area contributed by atoms with Crippen molar-refractivity contribution >= 4 is 36.8 Å². The minimum absolute atomic E-state index is 0.210. The molecule has 2 aromatic heterocycles. The number of hydrogen-bond acceptors (Lipinski definition) is 7. The minimum Gasteiger partial charge on any atom is -0.496 e. The molecule has 0 N–H and O–H groups in total. The van der Waals surface area contributed by atoms with Crippen LogP contribution in [0.5, 0.6) is 5.75 Å². The first-order valence-electron chi connectivity index (χ1n) is 14.0. The Hall–Kier alpha value is -4.22. The summed E-state index contributed by atoms with van der Waals surface area (Å²) in [7, 11) is 3.79. The van der Waals surface area contributed by atoms with Gasteiger partial charge in [-0.05, 0) is 41.9 Å². The van der Waals surface area contributed by atoms with E-state index in [4.69, 9.17) is 24.3 Å². The Morgan fingerprint density at radius 1 is 1.10 bits per heavy atom. The van der Waals surface area contributed by atoms with Gasteiger partial charge in [0.2, 0.25) is 0 Å². The zero-order chi connectivity index (χ0) is 30.0. The van der Waals surface area contributed by atoms with Crippen LogP contribution in [0.15, 0.2) is 54.7 Å². The summed E-state index contributed by atoms with van der Waals surface area (Å²) in [6.07, 6.45) is 1.32. The number of nitrogens with zero attached hydrogens (tertiary/aromatic N) is 5. The van der Waals surface area contributed by atoms with Crippen LogP contribution in [0.2, 0.25) is 25.7 Å². The number of cyclic esters (lactones) is 1. The number of ether oxygens (including phenoxy) is 3. The van der Waals surface area contributed by atoms with Crippen LogP contribution < -0.4 is 9.64 Å². The Morgan fingerprint density at radius 2 is 1.88 bits per heavy atom. The van der Waals surface area contributed by atoms with Gasteiger partial charge in [-0.2, -0.15) is 5.10 Å². The van der Waals surface area contributed by atoms with Crippen molar-refractivity contribution in [2.24, 2.45) is 0 Å². The molecule has 0 spiro atoms. The highest BCUT2D eigenvalue weighted by Crippen LogP contribution is 2.36. The highest BCUT2D eigenvalue weighted by Gasteiger charge is 2.28. The van der Waals surface area contributed by atoms with Gasteiger partial charge in [-0.25, -0.2) is 14.5 Å². The lowest BCUT2D eigenvalue weighted by Crippen LogP contribution is -2.29. The lowest BCUT2D eigenvalue weighted by molar-refractivity contribution is 0.0814. The summed E-state index contributed by atoms with van der Waals surface area (Å²) in [4.78, 5) is 33.4. The molecule has 3 heterocycles. The third kappa shape index (κ3) is 6.02. The van der Waals surface area contributed by atoms with Crippen molar-refractivity contribution in [3.8, 4) is 28.1 Å². The lowest BCUT2D eigenvalue weighted by Gasteiger charge is -2.20. The second kappa shape index (κ2) is 11.9. The van der Waals surface area contributed by atoms with Crippen molar-refractivity contribution in [1.82, 2.24) is 19.7 Å². The fraction of sp³-hybridized carbons (Fsp3) is 0.355. The van der Waals surface area contributed by atoms with E-state index < -0.39 is 14.2 Å². The van der Waals surface area contributed by atoms with Crippen molar-refractivity contribution in [2.75, 3.05) is 45.9 Å². The molecule has 1 fully saturated rings. The average Bonchev–Trinajstić information content (AvgIpc) is 3.56. The summed E-state index contributed by atoms with van der Waals surface area (Å²) >= 11 is 0. The van der Waals surface area contributed by atoms with Crippen LogP contribution in [0.3, 0.4) is 0 Å². The number of anilines is 1. The zero-order valence-corrected chi connectivity index (χ0v) is 26.0. The Morgan fingerprint density at radius 3 is 2.57 bits per heavy atom. The molecule has 220 valence electrons. The fourth-order valence-corrected chi connectivity index (χ4v) is 5.61. The zero-order valence-electron chi connectivity index (χ0n) is 25.0. The Kier molecular flexibility index (Phi) is 8.33. The standard InChI is InChI=1S/C31H37N5O5Si/c1-34(2)30(37)24-17-21(11-12-26(24)35-13-14-41-31(35)38)22-18-25-28(23-9-7-8-10-27(23)39-3)33-36(29(25)32-19-22)20-40-15-16-42(4,5)6/h7-12,17-19H,13-16,20H2,1-6H3. The summed E-state index contributed by atoms with van der Waals surface area (Å²) < 4.78 is 18.6. The number of carbonyl (C=O) groups is 2. The lowest BCUT2D eigenvalue weighted by atomic mass is 10.00. The molecule has 0 bridgehead atoms. The summed E-state index contributed by atoms with van der Waals surface area (Å²) in [5, 5.41) is 5.75. The van der Waals surface area contributed by atoms with Crippen LogP contribution in [0.4, 0.5) is 10.5 Å². The van der Waals surface area contributed by atoms with Crippen molar-refractivity contribution in [3.05, 3.63) is 60.3 Å². The number of methoxy groups -OCH3 is 1. The first kappa shape index (κ1) is 29.3. The van der Waals surface area contributed by atoms with E-state index in [0.29, 0.717) is 35.8 Å². The van der Waals surface area contributed by atoms with Gasteiger partial charge in [-0.3, -0.25) is 9.69 Å². The molecule has 42 heavy (non-hydrogen) atoms. The topological polar surface area (TPSA) is 99.0 Å². The van der Waals surface area contributed by atoms with E-state index in [0.717, 1.165) is 33.8 Å². The number of carbonyl (C=O) groups excluding carboxylic acids is 2. The molecule has 0 radical (unpaired) electrons. The van der Waals surface area contributed by atoms with Crippen molar-refractivity contribution in [2.45, 2.75) is 32.4 Å². The third-order valence-electron chi connectivity index (χ3n) is 7.18. The van der Waals surface area contributed by atoms with Gasteiger partial charge in [0, 0.05) is 51.5 Å². The van der Waals surface area contributed by atoms with E-state index in [1.54, 1.807) is 44.2 Å². The molecule has 2 amide bonds. The van der Waals surface area contributed by atoms with E-state index in [9.17, 15) is 9.59 Å². The van der Waals surface area contributed by atoms with E-state index in [1.807, 2.05) is 36.4 Å². The number of para-hydroxylation sites is 1. The molecular formula is C31H37N5O5Si. The van der Waals surface area contributed by atoms with E-state index in [2.05, 4.69) is 19.6 Å². The van der Waals surface area contributed by atoms with Gasteiger partial charge in [0.1, 0.15) is 24.8 Å². The number of rotatable bonds is 10. The SMILES string of the molecule is COc1ccccc1-c1nn(COCC[Si](C)(C)C)c2ncc(-c3ccc(N4CCOC4=O)c(C(=O)N(C)C)c3)cc12. The minimum atomic E-state index is -1.23. The van der Waals surface area contributed by atoms with Gasteiger partial charge >= 0.3 is 6.09 Å². The molecule has 0 aliphatic carbocycles. The maximum Gasteiger partial charge on any atom is 0.414 e. The summed E-state index contributed by atoms with van der Waals surface area (Å²) in [6.45, 7) is 8.59. The van der Waals surface area contributed by atoms with Crippen LogP contribution in [-0.2, 0) is 16.2 Å². The molecular weight excluding hydrogens is 550 g/mol. The van der Waals surface area contributed by atoms with Crippen molar-refractivity contribution in [1.29, 1.82) is 0 Å². The smallest absolute Gasteiger partial charge is 0.414 e. The molecule has 0 unspecified atom stereocenters. The predicted molar refractivity (Wildman–Crippen MR) is 166 cm³/mol. The Balaban J connectivity index is 1.59. The second-order valence-electron chi connectivity index (χ2n) is 11.7. The third-order valence-corrected chi connectivity index (χ3v) is 8.88. The molecule has 1 saturated heterocycles. The predicted octanol–water partition coefficient (Wildman–Crippen LogP) is 5.74. The van der Waals surface area contributed by atoms with E-state index >= 15 is 0 Å². The summed E-state index contributed by atoms with van der Waals surface area (Å²) in [6, 6.07) is 16.3. The molecule has 0 saturated carbocycles. The Labute approximate surface area is 246 Å². The number of pyridine rings is 1. The van der Waals surface area contributed by atoms with E-state index in [1.165, 1.54) is 9.80 Å². The monoisotopic (exact) mass is 587 g/mol. The highest BCUT2D eigenvalue weighted by molar-refractivity contribution is 6.76.